The van der Waals surface area contributed by atoms with Gasteiger partial charge in [0.25, 0.3) is 0 Å². The molecule has 0 N–H and O–H groups in total. The Bertz CT molecular complexity index is 517. The molecule has 16 heavy (non-hydrogen) atoms. The molecule has 0 spiro atoms. The summed E-state index contributed by atoms with van der Waals surface area (Å²) in [6.07, 6.45) is -4.24. The van der Waals surface area contributed by atoms with Crippen molar-refractivity contribution in [3.63, 3.8) is 0 Å². The molecule has 1 aromatic rings. The average Bonchev–Trinajstić information content (AvgIpc) is 2.13. The fourth-order valence-corrected chi connectivity index (χ4v) is 2.19. The molecule has 0 aromatic heterocycles. The summed E-state index contributed by atoms with van der Waals surface area (Å²) in [5, 5.41) is 0. The Labute approximate surface area is 89.8 Å². The van der Waals surface area contributed by atoms with Gasteiger partial charge in [-0.25, -0.2) is 8.42 Å². The standard InChI is InChI=1S/C9H7F3O3S/c1-16(14,15)7-4-2-3-6(5-13)8(7)9(10,11)12/h2-5H,1H3. The molecule has 0 aliphatic rings. The highest BCUT2D eigenvalue weighted by Gasteiger charge is 2.38. The number of alkyl halides is 3. The smallest absolute Gasteiger partial charge is 0.298 e. The predicted molar refractivity (Wildman–Crippen MR) is 49.9 cm³/mol. The van der Waals surface area contributed by atoms with E-state index in [0.29, 0.717) is 6.26 Å². The Morgan fingerprint density at radius 3 is 2.19 bits per heavy atom. The molecule has 0 saturated heterocycles. The first-order chi connectivity index (χ1) is 7.18. The Kier molecular flexibility index (Phi) is 3.09. The van der Waals surface area contributed by atoms with E-state index in [-0.39, 0.29) is 6.29 Å². The van der Waals surface area contributed by atoms with Crippen LogP contribution in [0.25, 0.3) is 0 Å². The van der Waals surface area contributed by atoms with Crippen molar-refractivity contribution < 1.29 is 26.4 Å². The van der Waals surface area contributed by atoms with Gasteiger partial charge >= 0.3 is 6.18 Å². The molecule has 0 aliphatic carbocycles. The van der Waals surface area contributed by atoms with Crippen LogP contribution < -0.4 is 0 Å². The SMILES string of the molecule is CS(=O)(=O)c1cccc(C=O)c1C(F)(F)F. The van der Waals surface area contributed by atoms with E-state index in [2.05, 4.69) is 0 Å². The number of sulfone groups is 1. The number of hydrogen-bond donors (Lipinski definition) is 0. The molecule has 88 valence electrons. The third-order valence-electron chi connectivity index (χ3n) is 1.87. The number of aldehydes is 1. The second kappa shape index (κ2) is 3.89. The monoisotopic (exact) mass is 252 g/mol. The second-order valence-electron chi connectivity index (χ2n) is 3.11. The first kappa shape index (κ1) is 12.7. The third kappa shape index (κ3) is 2.41. The number of carbonyl (C=O) groups excluding carboxylic acids is 1. The molecule has 0 unspecified atom stereocenters. The summed E-state index contributed by atoms with van der Waals surface area (Å²) in [5.74, 6) is 0. The first-order valence-corrected chi connectivity index (χ1v) is 5.92. The molecule has 1 rings (SSSR count). The summed E-state index contributed by atoms with van der Waals surface area (Å²) in [7, 11) is -4.03. The number of carbonyl (C=O) groups is 1. The molecule has 0 aliphatic heterocycles. The lowest BCUT2D eigenvalue weighted by Gasteiger charge is -2.13. The van der Waals surface area contributed by atoms with Crippen LogP contribution in [0.4, 0.5) is 13.2 Å². The quantitative estimate of drug-likeness (QED) is 0.755. The lowest BCUT2D eigenvalue weighted by molar-refractivity contribution is -0.140. The highest BCUT2D eigenvalue weighted by Crippen LogP contribution is 2.36. The lowest BCUT2D eigenvalue weighted by Crippen LogP contribution is -2.15. The molecular formula is C9H7F3O3S. The third-order valence-corrected chi connectivity index (χ3v) is 3.01. The van der Waals surface area contributed by atoms with Crippen LogP contribution in [0.2, 0.25) is 0 Å². The van der Waals surface area contributed by atoms with E-state index in [1.165, 1.54) is 0 Å². The Morgan fingerprint density at radius 1 is 1.25 bits per heavy atom. The summed E-state index contributed by atoms with van der Waals surface area (Å²) in [5.41, 5.74) is -2.09. The maximum Gasteiger partial charge on any atom is 0.418 e. The molecule has 3 nitrogen and oxygen atoms in total. The van der Waals surface area contributed by atoms with Crippen molar-refractivity contribution in [2.75, 3.05) is 6.26 Å². The van der Waals surface area contributed by atoms with Crippen LogP contribution in [0.3, 0.4) is 0 Å². The normalized spacial score (nSPS) is 12.5. The van der Waals surface area contributed by atoms with E-state index in [1.807, 2.05) is 0 Å². The molecule has 0 heterocycles. The molecule has 0 radical (unpaired) electrons. The van der Waals surface area contributed by atoms with Gasteiger partial charge in [0, 0.05) is 11.8 Å². The van der Waals surface area contributed by atoms with Crippen LogP contribution in [0.1, 0.15) is 15.9 Å². The van der Waals surface area contributed by atoms with Gasteiger partial charge in [-0.3, -0.25) is 4.79 Å². The lowest BCUT2D eigenvalue weighted by atomic mass is 10.1. The van der Waals surface area contributed by atoms with E-state index in [0.717, 1.165) is 18.2 Å². The van der Waals surface area contributed by atoms with Gasteiger partial charge in [-0.2, -0.15) is 13.2 Å². The van der Waals surface area contributed by atoms with Crippen molar-refractivity contribution in [3.05, 3.63) is 29.3 Å². The van der Waals surface area contributed by atoms with Gasteiger partial charge in [0.05, 0.1) is 10.5 Å². The maximum atomic E-state index is 12.6. The molecule has 7 heteroatoms. The molecule has 0 bridgehead atoms. The van der Waals surface area contributed by atoms with Crippen molar-refractivity contribution in [3.8, 4) is 0 Å². The summed E-state index contributed by atoms with van der Waals surface area (Å²) >= 11 is 0. The topological polar surface area (TPSA) is 51.2 Å². The zero-order valence-corrected chi connectivity index (χ0v) is 8.89. The van der Waals surface area contributed by atoms with E-state index in [1.54, 1.807) is 0 Å². The summed E-state index contributed by atoms with van der Waals surface area (Å²) in [4.78, 5) is 9.57. The van der Waals surface area contributed by atoms with Crippen molar-refractivity contribution >= 4 is 16.1 Å². The van der Waals surface area contributed by atoms with Gasteiger partial charge in [-0.05, 0) is 6.07 Å². The van der Waals surface area contributed by atoms with Crippen LogP contribution in [0, 0.1) is 0 Å². The Morgan fingerprint density at radius 2 is 1.81 bits per heavy atom. The van der Waals surface area contributed by atoms with Gasteiger partial charge in [-0.15, -0.1) is 0 Å². The second-order valence-corrected chi connectivity index (χ2v) is 5.09. The summed E-state index contributed by atoms with van der Waals surface area (Å²) in [6, 6.07) is 2.84. The summed E-state index contributed by atoms with van der Waals surface area (Å²) < 4.78 is 60.1. The van der Waals surface area contributed by atoms with E-state index < -0.39 is 32.0 Å². The minimum absolute atomic E-state index is 0.0164. The Hall–Kier alpha value is -1.37. The molecule has 0 fully saturated rings. The zero-order chi connectivity index (χ0) is 12.6. The van der Waals surface area contributed by atoms with Crippen LogP contribution >= 0.6 is 0 Å². The van der Waals surface area contributed by atoms with Crippen LogP contribution in [0.15, 0.2) is 23.1 Å². The van der Waals surface area contributed by atoms with E-state index in [4.69, 9.17) is 0 Å². The first-order valence-electron chi connectivity index (χ1n) is 4.03. The average molecular weight is 252 g/mol. The number of halogens is 3. The van der Waals surface area contributed by atoms with Gasteiger partial charge in [0.2, 0.25) is 0 Å². The molecule has 0 amide bonds. The van der Waals surface area contributed by atoms with Crippen LogP contribution in [-0.4, -0.2) is 21.0 Å². The fraction of sp³-hybridized carbons (Fsp3) is 0.222. The molecule has 1 aromatic carbocycles. The number of rotatable bonds is 2. The van der Waals surface area contributed by atoms with Crippen molar-refractivity contribution in [1.82, 2.24) is 0 Å². The van der Waals surface area contributed by atoms with Gasteiger partial charge in [-0.1, -0.05) is 12.1 Å². The number of hydrogen-bond acceptors (Lipinski definition) is 3. The molecule has 0 atom stereocenters. The maximum absolute atomic E-state index is 12.6. The molecule has 0 saturated carbocycles. The summed E-state index contributed by atoms with van der Waals surface area (Å²) in [6.45, 7) is 0. The minimum Gasteiger partial charge on any atom is -0.298 e. The van der Waals surface area contributed by atoms with Gasteiger partial charge < -0.3 is 0 Å². The molecular weight excluding hydrogens is 245 g/mol. The largest absolute Gasteiger partial charge is 0.418 e. The zero-order valence-electron chi connectivity index (χ0n) is 8.08. The number of benzene rings is 1. The van der Waals surface area contributed by atoms with Crippen molar-refractivity contribution in [2.45, 2.75) is 11.1 Å². The van der Waals surface area contributed by atoms with Gasteiger partial charge in [0.15, 0.2) is 16.1 Å². The van der Waals surface area contributed by atoms with Crippen molar-refractivity contribution in [1.29, 1.82) is 0 Å². The van der Waals surface area contributed by atoms with E-state index in [9.17, 15) is 26.4 Å². The highest BCUT2D eigenvalue weighted by molar-refractivity contribution is 7.90. The predicted octanol–water partition coefficient (Wildman–Crippen LogP) is 1.92. The van der Waals surface area contributed by atoms with Crippen LogP contribution in [-0.2, 0) is 16.0 Å². The van der Waals surface area contributed by atoms with Gasteiger partial charge in [0.1, 0.15) is 0 Å². The van der Waals surface area contributed by atoms with Crippen molar-refractivity contribution in [2.24, 2.45) is 0 Å². The minimum atomic E-state index is -4.88. The van der Waals surface area contributed by atoms with E-state index >= 15 is 0 Å². The highest BCUT2D eigenvalue weighted by atomic mass is 32.2. The fourth-order valence-electron chi connectivity index (χ4n) is 1.26. The van der Waals surface area contributed by atoms with Crippen LogP contribution in [0.5, 0.6) is 0 Å². The Balaban J connectivity index is 3.71.